The first kappa shape index (κ1) is 21.7. The van der Waals surface area contributed by atoms with Crippen LogP contribution in [0.4, 0.5) is 11.4 Å². The van der Waals surface area contributed by atoms with Crippen molar-refractivity contribution in [3.8, 4) is 11.1 Å². The first-order valence-electron chi connectivity index (χ1n) is 10.8. The van der Waals surface area contributed by atoms with Gasteiger partial charge >= 0.3 is 0 Å². The zero-order valence-electron chi connectivity index (χ0n) is 17.8. The summed E-state index contributed by atoms with van der Waals surface area (Å²) in [4.78, 5) is 15.1. The molecule has 2 aliphatic rings. The van der Waals surface area contributed by atoms with Crippen molar-refractivity contribution in [1.29, 1.82) is 0 Å². The third-order valence-corrected chi connectivity index (χ3v) is 7.59. The summed E-state index contributed by atoms with van der Waals surface area (Å²) >= 11 is 6.52. The van der Waals surface area contributed by atoms with Crippen LogP contribution in [0.25, 0.3) is 11.1 Å². The largest absolute Gasteiger partial charge is 0.328 e. The average Bonchev–Trinajstić information content (AvgIpc) is 3.04. The number of halogens is 1. The molecule has 1 fully saturated rings. The van der Waals surface area contributed by atoms with Gasteiger partial charge in [0, 0.05) is 24.2 Å². The molecule has 6 nitrogen and oxygen atoms in total. The van der Waals surface area contributed by atoms with Crippen LogP contribution in [0.3, 0.4) is 0 Å². The summed E-state index contributed by atoms with van der Waals surface area (Å²) in [7, 11) is -3.92. The van der Waals surface area contributed by atoms with Gasteiger partial charge in [0.25, 0.3) is 15.9 Å². The quantitative estimate of drug-likeness (QED) is 0.519. The molecule has 3 aromatic rings. The normalized spacial score (nSPS) is 16.8. The van der Waals surface area contributed by atoms with Crippen molar-refractivity contribution in [2.45, 2.75) is 30.6 Å². The number of carbonyl (C=O) groups excluding carboxylic acids is 1. The molecule has 33 heavy (non-hydrogen) atoms. The van der Waals surface area contributed by atoms with Gasteiger partial charge < -0.3 is 10.2 Å². The summed E-state index contributed by atoms with van der Waals surface area (Å²) in [6.45, 7) is 0.674. The standard InChI is InChI=1S/C25H22ClN3O3S/c26-20-16-22-23(33(31,32)28-24-13-5-2-8-14-29(22)24)15-19(20)25(30)27-21-12-7-6-11-18(21)17-9-3-1-4-10-17/h1,3-4,6-7,9-12,15-16H,2,5,8,13-14H2,(H,27,30). The van der Waals surface area contributed by atoms with E-state index in [0.717, 1.165) is 30.4 Å². The predicted molar refractivity (Wildman–Crippen MR) is 132 cm³/mol. The number of para-hydroxylation sites is 1. The molecule has 0 spiro atoms. The highest BCUT2D eigenvalue weighted by atomic mass is 35.5. The molecule has 0 saturated carbocycles. The van der Waals surface area contributed by atoms with E-state index in [9.17, 15) is 13.2 Å². The molecule has 1 N–H and O–H groups in total. The number of rotatable bonds is 3. The minimum Gasteiger partial charge on any atom is -0.328 e. The Labute approximate surface area is 198 Å². The summed E-state index contributed by atoms with van der Waals surface area (Å²) < 4.78 is 29.9. The molecule has 2 heterocycles. The molecule has 0 atom stereocenters. The molecule has 168 valence electrons. The first-order chi connectivity index (χ1) is 15.9. The molecule has 0 aromatic heterocycles. The zero-order valence-corrected chi connectivity index (χ0v) is 19.4. The molecule has 0 bridgehead atoms. The van der Waals surface area contributed by atoms with Gasteiger partial charge in [0.15, 0.2) is 0 Å². The smallest absolute Gasteiger partial charge is 0.286 e. The first-order valence-corrected chi connectivity index (χ1v) is 12.7. The van der Waals surface area contributed by atoms with Crippen LogP contribution in [-0.2, 0) is 10.0 Å². The van der Waals surface area contributed by atoms with E-state index in [1.165, 1.54) is 6.07 Å². The fraction of sp³-hybridized carbons (Fsp3) is 0.200. The van der Waals surface area contributed by atoms with Gasteiger partial charge in [-0.1, -0.05) is 66.6 Å². The predicted octanol–water partition coefficient (Wildman–Crippen LogP) is 5.74. The monoisotopic (exact) mass is 479 g/mol. The van der Waals surface area contributed by atoms with Gasteiger partial charge in [0.1, 0.15) is 10.7 Å². The van der Waals surface area contributed by atoms with Crippen molar-refractivity contribution in [3.05, 3.63) is 77.3 Å². The van der Waals surface area contributed by atoms with Gasteiger partial charge in [-0.25, -0.2) is 0 Å². The third-order valence-electron chi connectivity index (χ3n) is 5.94. The molecule has 1 amide bonds. The van der Waals surface area contributed by atoms with Crippen LogP contribution in [0.5, 0.6) is 0 Å². The molecule has 2 aliphatic heterocycles. The Morgan fingerprint density at radius 1 is 0.970 bits per heavy atom. The lowest BCUT2D eigenvalue weighted by Crippen LogP contribution is -2.35. The minimum atomic E-state index is -3.92. The van der Waals surface area contributed by atoms with E-state index in [1.54, 1.807) is 12.1 Å². The number of nitrogens with zero attached hydrogens (tertiary/aromatic N) is 2. The van der Waals surface area contributed by atoms with E-state index in [1.807, 2.05) is 53.4 Å². The Morgan fingerprint density at radius 3 is 2.55 bits per heavy atom. The van der Waals surface area contributed by atoms with Gasteiger partial charge in [-0.05, 0) is 36.6 Å². The van der Waals surface area contributed by atoms with Gasteiger partial charge in [0.2, 0.25) is 0 Å². The number of anilines is 2. The lowest BCUT2D eigenvalue weighted by Gasteiger charge is -2.30. The lowest BCUT2D eigenvalue weighted by atomic mass is 10.0. The fourth-order valence-corrected chi connectivity index (χ4v) is 5.83. The molecular formula is C25H22ClN3O3S. The van der Waals surface area contributed by atoms with Crippen LogP contribution in [0.2, 0.25) is 5.02 Å². The molecule has 0 aliphatic carbocycles. The van der Waals surface area contributed by atoms with Crippen molar-refractivity contribution >= 4 is 44.7 Å². The van der Waals surface area contributed by atoms with Crippen LogP contribution in [0.1, 0.15) is 36.0 Å². The van der Waals surface area contributed by atoms with Crippen molar-refractivity contribution < 1.29 is 13.2 Å². The van der Waals surface area contributed by atoms with Gasteiger partial charge in [0.05, 0.1) is 16.3 Å². The SMILES string of the molecule is O=C(Nc1ccccc1-c1ccccc1)c1cc2c(cc1Cl)N1CCCCCC1=NS2(=O)=O. The average molecular weight is 480 g/mol. The Balaban J connectivity index is 1.53. The second kappa shape index (κ2) is 8.65. The Hall–Kier alpha value is -3.16. The highest BCUT2D eigenvalue weighted by Crippen LogP contribution is 2.38. The summed E-state index contributed by atoms with van der Waals surface area (Å²) in [6.07, 6.45) is 3.46. The number of hydrogen-bond donors (Lipinski definition) is 1. The van der Waals surface area contributed by atoms with Gasteiger partial charge in [-0.15, -0.1) is 4.40 Å². The lowest BCUT2D eigenvalue weighted by molar-refractivity contribution is 0.102. The van der Waals surface area contributed by atoms with E-state index < -0.39 is 15.9 Å². The van der Waals surface area contributed by atoms with Crippen molar-refractivity contribution in [3.63, 3.8) is 0 Å². The molecule has 1 saturated heterocycles. The zero-order chi connectivity index (χ0) is 23.0. The van der Waals surface area contributed by atoms with E-state index in [-0.39, 0.29) is 15.5 Å². The van der Waals surface area contributed by atoms with Crippen molar-refractivity contribution in [2.75, 3.05) is 16.8 Å². The summed E-state index contributed by atoms with van der Waals surface area (Å²) in [5.41, 5.74) is 3.00. The number of nitrogens with one attached hydrogen (secondary N) is 1. The third kappa shape index (κ3) is 4.14. The minimum absolute atomic E-state index is 0.0130. The number of fused-ring (bicyclic) bond motifs is 3. The van der Waals surface area contributed by atoms with E-state index in [4.69, 9.17) is 11.6 Å². The highest BCUT2D eigenvalue weighted by Gasteiger charge is 2.33. The maximum atomic E-state index is 13.2. The number of hydrogen-bond acceptors (Lipinski definition) is 4. The van der Waals surface area contributed by atoms with Crippen molar-refractivity contribution in [2.24, 2.45) is 4.40 Å². The molecule has 8 heteroatoms. The van der Waals surface area contributed by atoms with Crippen LogP contribution in [-0.4, -0.2) is 26.7 Å². The van der Waals surface area contributed by atoms with Gasteiger partial charge in [-0.3, -0.25) is 4.79 Å². The van der Waals surface area contributed by atoms with Gasteiger partial charge in [-0.2, -0.15) is 8.42 Å². The number of sulfonamides is 1. The van der Waals surface area contributed by atoms with E-state index in [0.29, 0.717) is 30.2 Å². The van der Waals surface area contributed by atoms with Crippen LogP contribution < -0.4 is 10.2 Å². The molecule has 0 radical (unpaired) electrons. The maximum absolute atomic E-state index is 13.2. The second-order valence-corrected chi connectivity index (χ2v) is 10.1. The Kier molecular flexibility index (Phi) is 5.68. The summed E-state index contributed by atoms with van der Waals surface area (Å²) in [5.74, 6) is 0.0667. The van der Waals surface area contributed by atoms with Crippen LogP contribution >= 0.6 is 11.6 Å². The summed E-state index contributed by atoms with van der Waals surface area (Å²) in [6, 6.07) is 20.1. The Morgan fingerprint density at radius 2 is 1.73 bits per heavy atom. The maximum Gasteiger partial charge on any atom is 0.286 e. The molecule has 3 aromatic carbocycles. The second-order valence-electron chi connectivity index (χ2n) is 8.11. The number of carbonyl (C=O) groups is 1. The molecule has 5 rings (SSSR count). The number of benzene rings is 3. The summed E-state index contributed by atoms with van der Waals surface area (Å²) in [5, 5.41) is 3.10. The van der Waals surface area contributed by atoms with Crippen LogP contribution in [0, 0.1) is 0 Å². The molecule has 0 unspecified atom stereocenters. The molecular weight excluding hydrogens is 458 g/mol. The van der Waals surface area contributed by atoms with E-state index >= 15 is 0 Å². The van der Waals surface area contributed by atoms with E-state index in [2.05, 4.69) is 9.71 Å². The Bertz CT molecular complexity index is 1370. The number of amides is 1. The number of amidine groups is 1. The fourth-order valence-electron chi connectivity index (χ4n) is 4.32. The topological polar surface area (TPSA) is 78.8 Å². The van der Waals surface area contributed by atoms with Crippen molar-refractivity contribution in [1.82, 2.24) is 0 Å². The highest BCUT2D eigenvalue weighted by molar-refractivity contribution is 7.90. The van der Waals surface area contributed by atoms with Crippen LogP contribution in [0.15, 0.2) is 76.0 Å².